The average Bonchev–Trinajstić information content (AvgIpc) is 2.60. The van der Waals surface area contributed by atoms with Gasteiger partial charge in [-0.05, 0) is 50.8 Å². The monoisotopic (exact) mass is 272 g/mol. The van der Waals surface area contributed by atoms with Crippen LogP contribution in [0, 0.1) is 0 Å². The van der Waals surface area contributed by atoms with Crippen molar-refractivity contribution < 1.29 is 0 Å². The van der Waals surface area contributed by atoms with E-state index >= 15 is 0 Å². The summed E-state index contributed by atoms with van der Waals surface area (Å²) in [7, 11) is 0. The number of halogens is 1. The van der Waals surface area contributed by atoms with Gasteiger partial charge in [0, 0.05) is 14.1 Å². The Morgan fingerprint density at radius 2 is 2.31 bits per heavy atom. The van der Waals surface area contributed by atoms with Gasteiger partial charge in [0.15, 0.2) is 0 Å². The Labute approximate surface area is 95.5 Å². The molecule has 0 N–H and O–H groups in total. The zero-order valence-electron chi connectivity index (χ0n) is 7.17. The van der Waals surface area contributed by atoms with Gasteiger partial charge in [0.05, 0.1) is 0 Å². The summed E-state index contributed by atoms with van der Waals surface area (Å²) in [5.41, 5.74) is 1.39. The van der Waals surface area contributed by atoms with Gasteiger partial charge < -0.3 is 0 Å². The molecule has 0 saturated heterocycles. The second kappa shape index (κ2) is 3.64. The molecule has 0 radical (unpaired) electrons. The van der Waals surface area contributed by atoms with Crippen LogP contribution in [0.1, 0.15) is 12.5 Å². The first-order valence-electron chi connectivity index (χ1n) is 4.11. The number of hydrogen-bond acceptors (Lipinski definition) is 2. The molecular formula is C10H9BrS2. The first-order chi connectivity index (χ1) is 6.24. The molecule has 1 aromatic heterocycles. The van der Waals surface area contributed by atoms with E-state index in [1.54, 1.807) is 11.3 Å². The Morgan fingerprint density at radius 1 is 1.54 bits per heavy atom. The molecule has 2 aromatic rings. The summed E-state index contributed by atoms with van der Waals surface area (Å²) < 4.78 is 2.39. The van der Waals surface area contributed by atoms with Crippen LogP contribution < -0.4 is 0 Å². The first-order valence-corrected chi connectivity index (χ1v) is 6.23. The van der Waals surface area contributed by atoms with Gasteiger partial charge in [-0.1, -0.05) is 6.92 Å². The van der Waals surface area contributed by atoms with Crippen LogP contribution in [0.15, 0.2) is 26.9 Å². The molecule has 0 amide bonds. The first kappa shape index (κ1) is 9.56. The van der Waals surface area contributed by atoms with Crippen LogP contribution in [0.3, 0.4) is 0 Å². The second-order valence-corrected chi connectivity index (χ2v) is 5.10. The maximum Gasteiger partial charge on any atom is 0.0490 e. The van der Waals surface area contributed by atoms with Crippen LogP contribution in [0.4, 0.5) is 0 Å². The van der Waals surface area contributed by atoms with Crippen molar-refractivity contribution in [3.8, 4) is 0 Å². The summed E-state index contributed by atoms with van der Waals surface area (Å²) >= 11 is 9.75. The Kier molecular flexibility index (Phi) is 2.67. The largest absolute Gasteiger partial charge is 0.143 e. The number of aryl methyl sites for hydroxylation is 1. The highest BCUT2D eigenvalue weighted by molar-refractivity contribution is 9.10. The van der Waals surface area contributed by atoms with Gasteiger partial charge in [0.2, 0.25) is 0 Å². The minimum absolute atomic E-state index is 1.06. The van der Waals surface area contributed by atoms with E-state index in [0.717, 1.165) is 15.8 Å². The fourth-order valence-electron chi connectivity index (χ4n) is 1.45. The number of rotatable bonds is 1. The number of thiophene rings is 1. The van der Waals surface area contributed by atoms with E-state index in [2.05, 4.69) is 53.0 Å². The summed E-state index contributed by atoms with van der Waals surface area (Å²) in [6, 6.07) is 4.34. The van der Waals surface area contributed by atoms with Gasteiger partial charge in [-0.3, -0.25) is 0 Å². The van der Waals surface area contributed by atoms with E-state index < -0.39 is 0 Å². The molecule has 0 aliphatic rings. The minimum Gasteiger partial charge on any atom is -0.143 e. The molecule has 2 rings (SSSR count). The van der Waals surface area contributed by atoms with Gasteiger partial charge >= 0.3 is 0 Å². The minimum atomic E-state index is 1.06. The highest BCUT2D eigenvalue weighted by Crippen LogP contribution is 2.35. The normalized spacial score (nSPS) is 11.0. The third kappa shape index (κ3) is 1.53. The highest BCUT2D eigenvalue weighted by Gasteiger charge is 2.07. The van der Waals surface area contributed by atoms with Crippen molar-refractivity contribution in [3.05, 3.63) is 27.5 Å². The SMILES string of the molecule is CCc1cc(Br)c(S)c2sccc12. The van der Waals surface area contributed by atoms with Gasteiger partial charge in [-0.2, -0.15) is 0 Å². The zero-order valence-corrected chi connectivity index (χ0v) is 10.5. The second-order valence-electron chi connectivity index (χ2n) is 2.88. The standard InChI is InChI=1S/C10H9BrS2/c1-2-6-5-8(11)9(12)10-7(6)3-4-13-10/h3-5,12H,2H2,1H3. The molecule has 0 atom stereocenters. The number of fused-ring (bicyclic) bond motifs is 1. The van der Waals surface area contributed by atoms with Crippen molar-refractivity contribution >= 4 is 50.0 Å². The topological polar surface area (TPSA) is 0 Å². The fourth-order valence-corrected chi connectivity index (χ4v) is 3.28. The quantitative estimate of drug-likeness (QED) is 0.726. The summed E-state index contributed by atoms with van der Waals surface area (Å²) in [6.45, 7) is 2.18. The molecule has 0 fully saturated rings. The number of benzene rings is 1. The number of thiol groups is 1. The van der Waals surface area contributed by atoms with E-state index in [1.165, 1.54) is 15.6 Å². The Hall–Kier alpha value is 0.01000. The van der Waals surface area contributed by atoms with Crippen LogP contribution in [-0.2, 0) is 6.42 Å². The molecule has 0 saturated carbocycles. The van der Waals surface area contributed by atoms with E-state index in [0.29, 0.717) is 0 Å². The molecule has 0 aliphatic heterocycles. The number of hydrogen-bond donors (Lipinski definition) is 1. The summed E-state index contributed by atoms with van der Waals surface area (Å²) in [4.78, 5) is 1.06. The maximum atomic E-state index is 4.48. The molecule has 0 nitrogen and oxygen atoms in total. The maximum absolute atomic E-state index is 4.48. The van der Waals surface area contributed by atoms with E-state index in [9.17, 15) is 0 Å². The lowest BCUT2D eigenvalue weighted by atomic mass is 10.1. The van der Waals surface area contributed by atoms with E-state index in [4.69, 9.17) is 0 Å². The molecule has 3 heteroatoms. The predicted molar refractivity (Wildman–Crippen MR) is 66.2 cm³/mol. The van der Waals surface area contributed by atoms with Crippen LogP contribution in [0.25, 0.3) is 10.1 Å². The lowest BCUT2D eigenvalue weighted by Gasteiger charge is -2.04. The van der Waals surface area contributed by atoms with Crippen LogP contribution >= 0.6 is 39.9 Å². The Bertz CT molecular complexity index is 445. The van der Waals surface area contributed by atoms with Gasteiger partial charge in [-0.25, -0.2) is 0 Å². The molecular weight excluding hydrogens is 264 g/mol. The predicted octanol–water partition coefficient (Wildman–Crippen LogP) is 4.51. The molecule has 13 heavy (non-hydrogen) atoms. The molecule has 0 spiro atoms. The third-order valence-electron chi connectivity index (χ3n) is 2.13. The van der Waals surface area contributed by atoms with Crippen LogP contribution in [0.2, 0.25) is 0 Å². The third-order valence-corrected chi connectivity index (χ3v) is 4.61. The van der Waals surface area contributed by atoms with Gasteiger partial charge in [0.1, 0.15) is 0 Å². The van der Waals surface area contributed by atoms with Crippen molar-refractivity contribution in [3.63, 3.8) is 0 Å². The zero-order chi connectivity index (χ0) is 9.42. The van der Waals surface area contributed by atoms with Crippen LogP contribution in [0.5, 0.6) is 0 Å². The lowest BCUT2D eigenvalue weighted by Crippen LogP contribution is -1.82. The summed E-state index contributed by atoms with van der Waals surface area (Å²) in [5, 5.41) is 3.47. The summed E-state index contributed by atoms with van der Waals surface area (Å²) in [5.74, 6) is 0. The molecule has 1 aromatic carbocycles. The van der Waals surface area contributed by atoms with Crippen molar-refractivity contribution in [2.75, 3.05) is 0 Å². The highest BCUT2D eigenvalue weighted by atomic mass is 79.9. The van der Waals surface area contributed by atoms with E-state index in [1.807, 2.05) is 0 Å². The molecule has 1 heterocycles. The smallest absolute Gasteiger partial charge is 0.0490 e. The Balaban J connectivity index is 2.87. The van der Waals surface area contributed by atoms with Crippen molar-refractivity contribution in [1.82, 2.24) is 0 Å². The van der Waals surface area contributed by atoms with Crippen molar-refractivity contribution in [2.45, 2.75) is 18.2 Å². The van der Waals surface area contributed by atoms with Crippen LogP contribution in [-0.4, -0.2) is 0 Å². The molecule has 0 unspecified atom stereocenters. The van der Waals surface area contributed by atoms with E-state index in [-0.39, 0.29) is 0 Å². The fraction of sp³-hybridized carbons (Fsp3) is 0.200. The van der Waals surface area contributed by atoms with Gasteiger partial charge in [-0.15, -0.1) is 24.0 Å². The average molecular weight is 273 g/mol. The van der Waals surface area contributed by atoms with Crippen molar-refractivity contribution in [2.24, 2.45) is 0 Å². The molecule has 0 aliphatic carbocycles. The Morgan fingerprint density at radius 3 is 3.00 bits per heavy atom. The lowest BCUT2D eigenvalue weighted by molar-refractivity contribution is 1.15. The van der Waals surface area contributed by atoms with Crippen molar-refractivity contribution in [1.29, 1.82) is 0 Å². The molecule has 0 bridgehead atoms. The molecule has 68 valence electrons. The van der Waals surface area contributed by atoms with Gasteiger partial charge in [0.25, 0.3) is 0 Å². The summed E-state index contributed by atoms with van der Waals surface area (Å²) in [6.07, 6.45) is 1.07.